The van der Waals surface area contributed by atoms with Crippen molar-refractivity contribution in [1.29, 1.82) is 0 Å². The molecule has 2 heteroatoms. The van der Waals surface area contributed by atoms with Crippen LogP contribution in [0.4, 0.5) is 0 Å². The van der Waals surface area contributed by atoms with Gasteiger partial charge in [0.1, 0.15) is 17.1 Å². The van der Waals surface area contributed by atoms with Gasteiger partial charge >= 0.3 is 1.41 Å². The summed E-state index contributed by atoms with van der Waals surface area (Å²) in [6.07, 6.45) is 4.39. The van der Waals surface area contributed by atoms with Crippen molar-refractivity contribution in [2.45, 2.75) is 52.3 Å². The van der Waals surface area contributed by atoms with Gasteiger partial charge in [0, 0.05) is 23.8 Å². The molecular formula is C17H23N2+. The van der Waals surface area contributed by atoms with E-state index in [0.717, 1.165) is 48.3 Å². The summed E-state index contributed by atoms with van der Waals surface area (Å²) in [5.74, 6) is 0.366. The largest absolute Gasteiger partial charge is 0.312 e. The molecule has 0 spiro atoms. The number of hydrogen-bond donors (Lipinski definition) is 1. The molecule has 1 saturated carbocycles. The molecule has 1 fully saturated rings. The third kappa shape index (κ3) is 2.09. The van der Waals surface area contributed by atoms with Crippen LogP contribution in [0.2, 0.25) is 1.41 Å². The fourth-order valence-electron chi connectivity index (χ4n) is 3.21. The van der Waals surface area contributed by atoms with Gasteiger partial charge in [-0.05, 0) is 31.4 Å². The van der Waals surface area contributed by atoms with Crippen LogP contribution < -0.4 is 4.57 Å². The second-order valence-corrected chi connectivity index (χ2v) is 5.51. The Hall–Kier alpha value is -1.57. The zero-order valence-electron chi connectivity index (χ0n) is 15.6. The van der Waals surface area contributed by atoms with E-state index in [9.17, 15) is 0 Å². The average Bonchev–Trinajstić information content (AvgIpc) is 3.05. The Morgan fingerprint density at radius 1 is 1.26 bits per heavy atom. The molecule has 0 radical (unpaired) electrons. The van der Waals surface area contributed by atoms with Crippen molar-refractivity contribution in [3.63, 3.8) is 0 Å². The van der Waals surface area contributed by atoms with E-state index in [1.165, 1.54) is 4.98 Å². The normalized spacial score (nSPS) is 19.9. The second kappa shape index (κ2) is 4.84. The molecule has 19 heavy (non-hydrogen) atoms. The summed E-state index contributed by atoms with van der Waals surface area (Å²) >= 11 is 0. The topological polar surface area (TPSA) is 19.7 Å². The van der Waals surface area contributed by atoms with Crippen LogP contribution in [-0.4, -0.2) is 4.98 Å². The number of para-hydroxylation sites is 1. The maximum atomic E-state index is 8.48. The lowest BCUT2D eigenvalue weighted by atomic mass is 10.0. The lowest BCUT2D eigenvalue weighted by Crippen LogP contribution is -2.36. The maximum absolute atomic E-state index is 8.48. The summed E-state index contributed by atoms with van der Waals surface area (Å²) in [7, 11) is 0. The molecule has 0 aliphatic heterocycles. The fraction of sp³-hybridized carbons (Fsp3) is 0.471. The summed E-state index contributed by atoms with van der Waals surface area (Å²) < 4.78 is 34.0. The predicted octanol–water partition coefficient (Wildman–Crippen LogP) is 3.87. The fourth-order valence-corrected chi connectivity index (χ4v) is 3.21. The lowest BCUT2D eigenvalue weighted by Gasteiger charge is -2.06. The summed E-state index contributed by atoms with van der Waals surface area (Å²) in [4.78, 5) is 1.19. The molecule has 2 nitrogen and oxygen atoms in total. The Kier molecular flexibility index (Phi) is 2.18. The molecule has 1 aliphatic carbocycles. The van der Waals surface area contributed by atoms with Gasteiger partial charge in [0.05, 0.1) is 0 Å². The molecule has 1 aromatic carbocycles. The van der Waals surface area contributed by atoms with Gasteiger partial charge in [-0.3, -0.25) is 0 Å². The standard InChI is InChI=1S/C17H22N2/c1-12-8-4-7-11-16(12)19-13(2)17(18-14(19)3)15-9-5-6-10-15/h4,7-8,11,15H,5-6,9-10H2,1-3H3/p+1/i3D3/hD. The number of nitrogens with zero attached hydrogens (tertiary/aromatic N) is 1. The highest BCUT2D eigenvalue weighted by molar-refractivity contribution is 5.33. The summed E-state index contributed by atoms with van der Waals surface area (Å²) in [6, 6.07) is 7.76. The Morgan fingerprint density at radius 3 is 2.68 bits per heavy atom. The van der Waals surface area contributed by atoms with Crippen molar-refractivity contribution < 1.29 is 10.1 Å². The Balaban J connectivity index is 2.30. The molecule has 3 rings (SSSR count). The summed E-state index contributed by atoms with van der Waals surface area (Å²) in [5, 5.41) is 0. The zero-order chi connectivity index (χ0) is 16.8. The highest BCUT2D eigenvalue weighted by atomic mass is 15.1. The number of aromatic amines is 1. The van der Waals surface area contributed by atoms with Gasteiger partial charge in [0.15, 0.2) is 0 Å². The minimum atomic E-state index is -2.33. The van der Waals surface area contributed by atoms with Gasteiger partial charge in [-0.25, -0.2) is 4.98 Å². The van der Waals surface area contributed by atoms with Crippen molar-refractivity contribution in [2.75, 3.05) is 0 Å². The quantitative estimate of drug-likeness (QED) is 0.790. The molecule has 100 valence electrons. The van der Waals surface area contributed by atoms with Crippen LogP contribution in [0, 0.1) is 20.7 Å². The number of hydrogen-bond acceptors (Lipinski definition) is 0. The number of rotatable bonds is 2. The average molecular weight is 259 g/mol. The van der Waals surface area contributed by atoms with E-state index in [-0.39, 0.29) is 5.82 Å². The van der Waals surface area contributed by atoms with E-state index in [0.29, 0.717) is 5.92 Å². The second-order valence-electron chi connectivity index (χ2n) is 5.51. The first-order valence-corrected chi connectivity index (χ1v) is 7.05. The van der Waals surface area contributed by atoms with Crippen LogP contribution >= 0.6 is 0 Å². The monoisotopic (exact) mass is 259 g/mol. The molecule has 1 aliphatic rings. The van der Waals surface area contributed by atoms with Gasteiger partial charge in [-0.15, -0.1) is 0 Å². The summed E-state index contributed by atoms with van der Waals surface area (Å²) in [6.45, 7) is 1.59. The van der Waals surface area contributed by atoms with E-state index in [1.54, 1.807) is 4.57 Å². The highest BCUT2D eigenvalue weighted by Crippen LogP contribution is 2.34. The van der Waals surface area contributed by atoms with Crippen LogP contribution in [0.25, 0.3) is 5.69 Å². The molecule has 0 amide bonds. The predicted molar refractivity (Wildman–Crippen MR) is 77.7 cm³/mol. The van der Waals surface area contributed by atoms with Gasteiger partial charge in [0.25, 0.3) is 5.82 Å². The Morgan fingerprint density at radius 2 is 2.00 bits per heavy atom. The molecular weight excluding hydrogens is 232 g/mol. The molecule has 0 saturated heterocycles. The molecule has 1 heterocycles. The Bertz CT molecular complexity index is 725. The third-order valence-electron chi connectivity index (χ3n) is 4.24. The molecule has 0 unspecified atom stereocenters. The number of benzene rings is 1. The number of H-pyrrole nitrogens is 1. The number of aromatic nitrogens is 2. The minimum Gasteiger partial charge on any atom is -0.244 e. The molecule has 0 atom stereocenters. The number of aryl methyl sites for hydroxylation is 1. The summed E-state index contributed by atoms with van der Waals surface area (Å²) in [5.41, 5.74) is 3.60. The van der Waals surface area contributed by atoms with E-state index < -0.39 is 6.85 Å². The molecule has 1 aromatic heterocycles. The van der Waals surface area contributed by atoms with E-state index >= 15 is 0 Å². The maximum Gasteiger partial charge on any atom is 0.312 e. The van der Waals surface area contributed by atoms with Crippen molar-refractivity contribution in [3.05, 3.63) is 47.0 Å². The van der Waals surface area contributed by atoms with Crippen LogP contribution in [0.3, 0.4) is 0 Å². The van der Waals surface area contributed by atoms with Gasteiger partial charge < -0.3 is 0 Å². The van der Waals surface area contributed by atoms with Gasteiger partial charge in [0.2, 0.25) is 0 Å². The van der Waals surface area contributed by atoms with Crippen LogP contribution in [0.5, 0.6) is 0 Å². The van der Waals surface area contributed by atoms with E-state index in [4.69, 9.17) is 5.52 Å². The first kappa shape index (κ1) is 8.57. The smallest absolute Gasteiger partial charge is 0.244 e. The molecule has 1 N–H and O–H groups in total. The van der Waals surface area contributed by atoms with Gasteiger partial charge in [-0.1, -0.05) is 31.0 Å². The van der Waals surface area contributed by atoms with Gasteiger partial charge in [-0.2, -0.15) is 4.57 Å². The van der Waals surface area contributed by atoms with Crippen LogP contribution in [0.1, 0.15) is 58.5 Å². The zero-order valence-corrected chi connectivity index (χ0v) is 11.6. The first-order chi connectivity index (χ1) is 10.8. The van der Waals surface area contributed by atoms with Crippen molar-refractivity contribution in [2.24, 2.45) is 0 Å². The van der Waals surface area contributed by atoms with Crippen LogP contribution in [0.15, 0.2) is 24.3 Å². The van der Waals surface area contributed by atoms with Crippen molar-refractivity contribution in [1.82, 2.24) is 4.98 Å². The SMILES string of the molecule is [2H]n1c(C2CCCC2)c(C)[n+](-c2ccccc2C)c1C([2H])([2H])[2H]. The third-order valence-corrected chi connectivity index (χ3v) is 4.24. The van der Waals surface area contributed by atoms with E-state index in [2.05, 4.69) is 0 Å². The molecule has 0 bridgehead atoms. The number of nitrogens with one attached hydrogen (secondary N) is 1. The number of imidazole rings is 1. The minimum absolute atomic E-state index is 0.0752. The molecule has 2 aromatic rings. The Labute approximate surface area is 121 Å². The lowest BCUT2D eigenvalue weighted by molar-refractivity contribution is -0.608. The highest BCUT2D eigenvalue weighted by Gasteiger charge is 2.29. The first-order valence-electron chi connectivity index (χ1n) is 9.00. The van der Waals surface area contributed by atoms with Crippen molar-refractivity contribution >= 4 is 0 Å². The van der Waals surface area contributed by atoms with E-state index in [1.807, 2.05) is 38.1 Å². The van der Waals surface area contributed by atoms with Crippen LogP contribution in [-0.2, 0) is 0 Å². The van der Waals surface area contributed by atoms with Crippen molar-refractivity contribution in [3.8, 4) is 5.69 Å².